The fourth-order valence-corrected chi connectivity index (χ4v) is 7.74. The number of rotatable bonds is 12. The molecule has 34 heavy (non-hydrogen) atoms. The molecule has 0 aromatic rings. The first kappa shape index (κ1) is 28.5. The van der Waals surface area contributed by atoms with Gasteiger partial charge in [0.2, 0.25) is 0 Å². The first-order valence-corrected chi connectivity index (χ1v) is 15.7. The van der Waals surface area contributed by atoms with Crippen molar-refractivity contribution in [3.63, 3.8) is 0 Å². The third kappa shape index (κ3) is 9.42. The second kappa shape index (κ2) is 14.6. The molecule has 0 bridgehead atoms. The normalized spacial score (nSPS) is 32.9. The van der Waals surface area contributed by atoms with Crippen molar-refractivity contribution < 1.29 is 10.2 Å². The standard InChI is InChI=1S/C32H60O2/c1-23(2)30(22-32(34)29-17-10-24(3)11-18-29)19-12-25(4)31(33)21-28-15-13-27(14-16-28)20-26-8-6-5-7-9-26/h23-34H,5-22H2,1-4H3. The number of hydrogen-bond donors (Lipinski definition) is 2. The SMILES string of the molecule is CC1CCC(C(O)CC(CCC(C)C(O)CC2CCC(CC3CCCCC3)CC2)C(C)C)CC1. The van der Waals surface area contributed by atoms with Crippen molar-refractivity contribution in [1.82, 2.24) is 0 Å². The van der Waals surface area contributed by atoms with Gasteiger partial charge in [0.25, 0.3) is 0 Å². The zero-order valence-electron chi connectivity index (χ0n) is 23.4. The fourth-order valence-electron chi connectivity index (χ4n) is 7.74. The summed E-state index contributed by atoms with van der Waals surface area (Å²) in [6.45, 7) is 9.28. The maximum Gasteiger partial charge on any atom is 0.0571 e. The van der Waals surface area contributed by atoms with E-state index in [0.717, 1.165) is 49.4 Å². The summed E-state index contributed by atoms with van der Waals surface area (Å²) in [5, 5.41) is 22.0. The Kier molecular flexibility index (Phi) is 12.2. The van der Waals surface area contributed by atoms with Crippen LogP contribution in [0.15, 0.2) is 0 Å². The molecule has 0 saturated heterocycles. The van der Waals surface area contributed by atoms with Gasteiger partial charge in [0.15, 0.2) is 0 Å². The van der Waals surface area contributed by atoms with E-state index in [1.807, 2.05) is 0 Å². The van der Waals surface area contributed by atoms with E-state index in [9.17, 15) is 10.2 Å². The molecular weight excluding hydrogens is 416 g/mol. The van der Waals surface area contributed by atoms with Gasteiger partial charge in [0.1, 0.15) is 0 Å². The monoisotopic (exact) mass is 476 g/mol. The quantitative estimate of drug-likeness (QED) is 0.295. The van der Waals surface area contributed by atoms with Crippen LogP contribution in [0.3, 0.4) is 0 Å². The molecule has 3 aliphatic carbocycles. The molecule has 3 fully saturated rings. The Hall–Kier alpha value is -0.0800. The highest BCUT2D eigenvalue weighted by Gasteiger charge is 2.30. The second-order valence-corrected chi connectivity index (χ2v) is 13.8. The zero-order valence-corrected chi connectivity index (χ0v) is 23.4. The molecule has 0 amide bonds. The minimum absolute atomic E-state index is 0.121. The Labute approximate surface area is 213 Å². The van der Waals surface area contributed by atoms with Crippen LogP contribution in [0.2, 0.25) is 0 Å². The van der Waals surface area contributed by atoms with Crippen LogP contribution in [-0.2, 0) is 0 Å². The Morgan fingerprint density at radius 2 is 1.26 bits per heavy atom. The van der Waals surface area contributed by atoms with Crippen molar-refractivity contribution in [1.29, 1.82) is 0 Å². The molecule has 0 aromatic heterocycles. The van der Waals surface area contributed by atoms with Gasteiger partial charge in [-0.15, -0.1) is 0 Å². The molecule has 200 valence electrons. The predicted molar refractivity (Wildman–Crippen MR) is 146 cm³/mol. The van der Waals surface area contributed by atoms with E-state index in [0.29, 0.717) is 23.7 Å². The van der Waals surface area contributed by atoms with E-state index < -0.39 is 0 Å². The van der Waals surface area contributed by atoms with Gasteiger partial charge < -0.3 is 10.2 Å². The van der Waals surface area contributed by atoms with Crippen molar-refractivity contribution in [2.75, 3.05) is 0 Å². The van der Waals surface area contributed by atoms with Crippen LogP contribution in [0.4, 0.5) is 0 Å². The first-order valence-electron chi connectivity index (χ1n) is 15.7. The molecule has 4 atom stereocenters. The van der Waals surface area contributed by atoms with Gasteiger partial charge in [-0.25, -0.2) is 0 Å². The zero-order chi connectivity index (χ0) is 24.5. The highest BCUT2D eigenvalue weighted by molar-refractivity contribution is 4.81. The van der Waals surface area contributed by atoms with Crippen LogP contribution < -0.4 is 0 Å². The lowest BCUT2D eigenvalue weighted by molar-refractivity contribution is 0.0399. The van der Waals surface area contributed by atoms with Crippen molar-refractivity contribution in [3.05, 3.63) is 0 Å². The lowest BCUT2D eigenvalue weighted by Gasteiger charge is -2.34. The summed E-state index contributed by atoms with van der Waals surface area (Å²) >= 11 is 0. The van der Waals surface area contributed by atoms with Crippen LogP contribution in [0.5, 0.6) is 0 Å². The highest BCUT2D eigenvalue weighted by Crippen LogP contribution is 2.39. The Balaban J connectivity index is 1.33. The van der Waals surface area contributed by atoms with E-state index in [2.05, 4.69) is 27.7 Å². The molecule has 2 nitrogen and oxygen atoms in total. The smallest absolute Gasteiger partial charge is 0.0571 e. The molecular formula is C32H60O2. The molecule has 0 heterocycles. The van der Waals surface area contributed by atoms with Gasteiger partial charge in [-0.1, -0.05) is 98.3 Å². The number of aliphatic hydroxyl groups excluding tert-OH is 2. The summed E-state index contributed by atoms with van der Waals surface area (Å²) in [5.41, 5.74) is 0. The third-order valence-corrected chi connectivity index (χ3v) is 10.7. The Morgan fingerprint density at radius 3 is 1.88 bits per heavy atom. The molecule has 0 spiro atoms. The minimum atomic E-state index is -0.141. The number of aliphatic hydroxyl groups is 2. The van der Waals surface area contributed by atoms with Crippen LogP contribution in [0.1, 0.15) is 143 Å². The van der Waals surface area contributed by atoms with Crippen molar-refractivity contribution in [2.45, 2.75) is 155 Å². The van der Waals surface area contributed by atoms with Gasteiger partial charge in [0, 0.05) is 0 Å². The van der Waals surface area contributed by atoms with Gasteiger partial charge in [-0.3, -0.25) is 0 Å². The minimum Gasteiger partial charge on any atom is -0.393 e. The van der Waals surface area contributed by atoms with Crippen molar-refractivity contribution in [3.8, 4) is 0 Å². The maximum absolute atomic E-state index is 11.0. The Bertz CT molecular complexity index is 523. The Morgan fingerprint density at radius 1 is 0.676 bits per heavy atom. The molecule has 0 radical (unpaired) electrons. The molecule has 4 unspecified atom stereocenters. The fraction of sp³-hybridized carbons (Fsp3) is 1.00. The van der Waals surface area contributed by atoms with E-state index >= 15 is 0 Å². The summed E-state index contributed by atoms with van der Waals surface area (Å²) in [4.78, 5) is 0. The van der Waals surface area contributed by atoms with E-state index in [4.69, 9.17) is 0 Å². The van der Waals surface area contributed by atoms with Crippen LogP contribution >= 0.6 is 0 Å². The van der Waals surface area contributed by atoms with Crippen LogP contribution in [-0.4, -0.2) is 22.4 Å². The second-order valence-electron chi connectivity index (χ2n) is 13.8. The van der Waals surface area contributed by atoms with E-state index in [1.165, 1.54) is 89.9 Å². The average Bonchev–Trinajstić information content (AvgIpc) is 2.83. The van der Waals surface area contributed by atoms with Crippen molar-refractivity contribution in [2.24, 2.45) is 47.3 Å². The average molecular weight is 477 g/mol. The van der Waals surface area contributed by atoms with Crippen LogP contribution in [0.25, 0.3) is 0 Å². The largest absolute Gasteiger partial charge is 0.393 e. The highest BCUT2D eigenvalue weighted by atomic mass is 16.3. The first-order chi connectivity index (χ1) is 16.3. The van der Waals surface area contributed by atoms with Gasteiger partial charge in [-0.2, -0.15) is 0 Å². The van der Waals surface area contributed by atoms with Gasteiger partial charge in [0.05, 0.1) is 12.2 Å². The molecule has 3 aliphatic rings. The molecule has 2 heteroatoms. The molecule has 2 N–H and O–H groups in total. The third-order valence-electron chi connectivity index (χ3n) is 10.7. The van der Waals surface area contributed by atoms with E-state index in [-0.39, 0.29) is 12.2 Å². The van der Waals surface area contributed by atoms with Gasteiger partial charge >= 0.3 is 0 Å². The van der Waals surface area contributed by atoms with Crippen LogP contribution in [0, 0.1) is 47.3 Å². The predicted octanol–water partition coefficient (Wildman–Crippen LogP) is 8.78. The molecule has 0 aliphatic heterocycles. The van der Waals surface area contributed by atoms with E-state index in [1.54, 1.807) is 0 Å². The maximum atomic E-state index is 11.0. The van der Waals surface area contributed by atoms with Crippen molar-refractivity contribution >= 4 is 0 Å². The summed E-state index contributed by atoms with van der Waals surface area (Å²) < 4.78 is 0. The summed E-state index contributed by atoms with van der Waals surface area (Å²) in [5.74, 6) is 5.69. The molecule has 3 saturated carbocycles. The lowest BCUT2D eigenvalue weighted by atomic mass is 9.73. The summed E-state index contributed by atoms with van der Waals surface area (Å²) in [6, 6.07) is 0. The summed E-state index contributed by atoms with van der Waals surface area (Å²) in [7, 11) is 0. The topological polar surface area (TPSA) is 40.5 Å². The molecule has 0 aromatic carbocycles. The molecule has 3 rings (SSSR count). The van der Waals surface area contributed by atoms with Gasteiger partial charge in [-0.05, 0) is 92.3 Å². The number of hydrogen-bond acceptors (Lipinski definition) is 2. The lowest BCUT2D eigenvalue weighted by Crippen LogP contribution is -2.29. The summed E-state index contributed by atoms with van der Waals surface area (Å²) in [6.07, 6.45) is 23.4.